The first-order chi connectivity index (χ1) is 4.52. The van der Waals surface area contributed by atoms with Gasteiger partial charge in [-0.1, -0.05) is 0 Å². The van der Waals surface area contributed by atoms with Crippen LogP contribution >= 0.6 is 0 Å². The largest absolute Gasteiger partial charge is 0.430 e. The lowest BCUT2D eigenvalue weighted by atomic mass is 10.4. The molecule has 0 fully saturated rings. The van der Waals surface area contributed by atoms with Gasteiger partial charge < -0.3 is 4.74 Å². The van der Waals surface area contributed by atoms with Crippen LogP contribution in [0.3, 0.4) is 0 Å². The average molecular weight is 142 g/mol. The summed E-state index contributed by atoms with van der Waals surface area (Å²) in [5.74, 6) is 0.740. The van der Waals surface area contributed by atoms with Crippen molar-refractivity contribution < 1.29 is 4.74 Å². The highest BCUT2D eigenvalue weighted by Gasteiger charge is 1.94. The fourth-order valence-electron chi connectivity index (χ4n) is 0.612. The van der Waals surface area contributed by atoms with Crippen molar-refractivity contribution in [3.8, 4) is 0 Å². The van der Waals surface area contributed by atoms with Gasteiger partial charge in [0.2, 0.25) is 0 Å². The van der Waals surface area contributed by atoms with Crippen molar-refractivity contribution in [2.75, 3.05) is 0 Å². The van der Waals surface area contributed by atoms with Crippen molar-refractivity contribution >= 4 is 11.8 Å². The summed E-state index contributed by atoms with van der Waals surface area (Å²) in [4.78, 5) is 4.07. The zero-order chi connectivity index (χ0) is 8.15. The van der Waals surface area contributed by atoms with E-state index >= 15 is 0 Å². The zero-order valence-electron chi connectivity index (χ0n) is 6.93. The van der Waals surface area contributed by atoms with Crippen molar-refractivity contribution in [3.63, 3.8) is 0 Å². The molecule has 0 aliphatic carbocycles. The highest BCUT2D eigenvalue weighted by atomic mass is 16.5. The summed E-state index contributed by atoms with van der Waals surface area (Å²) in [5.41, 5.74) is 0. The molecule has 0 saturated heterocycles. The highest BCUT2D eigenvalue weighted by Crippen LogP contribution is 1.90. The van der Waals surface area contributed by atoms with Crippen LogP contribution in [0.2, 0.25) is 0 Å². The molecule has 58 valence electrons. The molecule has 0 saturated carbocycles. The van der Waals surface area contributed by atoms with Crippen LogP contribution in [-0.2, 0) is 4.74 Å². The Morgan fingerprint density at radius 3 is 2.20 bits per heavy atom. The second-order valence-electron chi connectivity index (χ2n) is 2.40. The molecule has 0 aliphatic rings. The van der Waals surface area contributed by atoms with Gasteiger partial charge in [-0.15, -0.1) is 0 Å². The van der Waals surface area contributed by atoms with Crippen molar-refractivity contribution in [2.45, 2.75) is 33.7 Å². The van der Waals surface area contributed by atoms with E-state index < -0.39 is 0 Å². The second kappa shape index (κ2) is 4.04. The van der Waals surface area contributed by atoms with Crippen LogP contribution in [0, 0.1) is 5.41 Å². The predicted octanol–water partition coefficient (Wildman–Crippen LogP) is 1.83. The Bertz CT molecular complexity index is 150. The Hall–Kier alpha value is -0.860. The Balaban J connectivity index is 3.82. The minimum Gasteiger partial charge on any atom is -0.430 e. The number of rotatable bonds is 1. The van der Waals surface area contributed by atoms with Crippen molar-refractivity contribution in [3.05, 3.63) is 0 Å². The van der Waals surface area contributed by atoms with Gasteiger partial charge >= 0.3 is 0 Å². The summed E-state index contributed by atoms with van der Waals surface area (Å²) in [6.45, 7) is 7.26. The quantitative estimate of drug-likeness (QED) is 0.440. The van der Waals surface area contributed by atoms with E-state index in [4.69, 9.17) is 10.1 Å². The van der Waals surface area contributed by atoms with Gasteiger partial charge in [0, 0.05) is 19.9 Å². The van der Waals surface area contributed by atoms with E-state index in [1.807, 2.05) is 13.8 Å². The summed E-state index contributed by atoms with van der Waals surface area (Å²) in [7, 11) is 0. The molecule has 0 spiro atoms. The van der Waals surface area contributed by atoms with E-state index in [1.165, 1.54) is 0 Å². The Kier molecular flexibility index (Phi) is 3.69. The van der Waals surface area contributed by atoms with Crippen LogP contribution in [-0.4, -0.2) is 17.8 Å². The van der Waals surface area contributed by atoms with E-state index in [9.17, 15) is 0 Å². The van der Waals surface area contributed by atoms with Crippen LogP contribution in [0.1, 0.15) is 27.7 Å². The van der Waals surface area contributed by atoms with E-state index in [2.05, 4.69) is 4.99 Å². The first-order valence-electron chi connectivity index (χ1n) is 3.29. The smallest absolute Gasteiger partial charge is 0.188 e. The molecule has 0 aromatic rings. The topological polar surface area (TPSA) is 45.4 Å². The van der Waals surface area contributed by atoms with E-state index in [-0.39, 0.29) is 11.9 Å². The van der Waals surface area contributed by atoms with Gasteiger partial charge in [0.1, 0.15) is 0 Å². The summed E-state index contributed by atoms with van der Waals surface area (Å²) in [5, 5.41) is 6.97. The van der Waals surface area contributed by atoms with Crippen LogP contribution in [0.5, 0.6) is 0 Å². The number of hydrogen-bond acceptors (Lipinski definition) is 3. The standard InChI is InChI=1S/C7H14N2O/c1-5(2)9-7(4)10-6(3)8/h5,8H,1-4H3. The lowest BCUT2D eigenvalue weighted by Crippen LogP contribution is -2.06. The zero-order valence-corrected chi connectivity index (χ0v) is 6.93. The van der Waals surface area contributed by atoms with Gasteiger partial charge in [0.25, 0.3) is 0 Å². The minimum atomic E-state index is 0.182. The van der Waals surface area contributed by atoms with Gasteiger partial charge in [0.05, 0.1) is 0 Å². The third-order valence-corrected chi connectivity index (χ3v) is 0.741. The third kappa shape index (κ3) is 5.28. The van der Waals surface area contributed by atoms with E-state index in [1.54, 1.807) is 13.8 Å². The highest BCUT2D eigenvalue weighted by molar-refractivity contribution is 5.87. The molecule has 10 heavy (non-hydrogen) atoms. The molecule has 0 radical (unpaired) electrons. The number of hydrogen-bond donors (Lipinski definition) is 1. The maximum Gasteiger partial charge on any atom is 0.188 e. The summed E-state index contributed by atoms with van der Waals surface area (Å²) in [6, 6.07) is 0.236. The van der Waals surface area contributed by atoms with Gasteiger partial charge in [-0.25, -0.2) is 0 Å². The molecular weight excluding hydrogens is 128 g/mol. The molecule has 0 unspecified atom stereocenters. The summed E-state index contributed by atoms with van der Waals surface area (Å²) < 4.78 is 4.89. The van der Waals surface area contributed by atoms with Crippen molar-refractivity contribution in [2.24, 2.45) is 4.99 Å². The van der Waals surface area contributed by atoms with E-state index in [0.29, 0.717) is 5.90 Å². The molecule has 0 aromatic heterocycles. The van der Waals surface area contributed by atoms with Crippen molar-refractivity contribution in [1.82, 2.24) is 0 Å². The Morgan fingerprint density at radius 1 is 1.40 bits per heavy atom. The molecule has 0 rings (SSSR count). The Morgan fingerprint density at radius 2 is 1.90 bits per heavy atom. The number of aliphatic imine (C=N–C) groups is 1. The molecule has 0 amide bonds. The molecular formula is C7H14N2O. The molecule has 3 heteroatoms. The summed E-state index contributed by atoms with van der Waals surface area (Å²) >= 11 is 0. The second-order valence-corrected chi connectivity index (χ2v) is 2.40. The first-order valence-corrected chi connectivity index (χ1v) is 3.29. The van der Waals surface area contributed by atoms with Crippen LogP contribution in [0.15, 0.2) is 4.99 Å². The molecule has 1 N–H and O–H groups in total. The average Bonchev–Trinajstić information content (AvgIpc) is 1.58. The lowest BCUT2D eigenvalue weighted by Gasteiger charge is -2.02. The molecule has 0 aliphatic heterocycles. The van der Waals surface area contributed by atoms with Crippen LogP contribution in [0.25, 0.3) is 0 Å². The van der Waals surface area contributed by atoms with Gasteiger partial charge in [0.15, 0.2) is 11.8 Å². The van der Waals surface area contributed by atoms with Crippen molar-refractivity contribution in [1.29, 1.82) is 5.41 Å². The van der Waals surface area contributed by atoms with Gasteiger partial charge in [-0.05, 0) is 13.8 Å². The first kappa shape index (κ1) is 9.14. The van der Waals surface area contributed by atoms with Crippen LogP contribution in [0.4, 0.5) is 0 Å². The van der Waals surface area contributed by atoms with Gasteiger partial charge in [-0.3, -0.25) is 10.4 Å². The SMILES string of the molecule is CC(=N)OC(C)=NC(C)C. The number of nitrogens with one attached hydrogen (secondary N) is 1. The Labute approximate surface area is 61.6 Å². The number of nitrogens with zero attached hydrogens (tertiary/aromatic N) is 1. The molecule has 0 heterocycles. The maximum atomic E-state index is 6.97. The number of ether oxygens (including phenoxy) is 1. The molecule has 3 nitrogen and oxygen atoms in total. The lowest BCUT2D eigenvalue weighted by molar-refractivity contribution is 0.522. The molecule has 0 bridgehead atoms. The fraction of sp³-hybridized carbons (Fsp3) is 0.714. The predicted molar refractivity (Wildman–Crippen MR) is 42.7 cm³/mol. The fourth-order valence-corrected chi connectivity index (χ4v) is 0.612. The van der Waals surface area contributed by atoms with Crippen LogP contribution < -0.4 is 0 Å². The summed E-state index contributed by atoms with van der Waals surface area (Å²) in [6.07, 6.45) is 0. The van der Waals surface area contributed by atoms with E-state index in [0.717, 1.165) is 0 Å². The minimum absolute atomic E-state index is 0.182. The molecule has 0 aromatic carbocycles. The maximum absolute atomic E-state index is 6.97. The normalized spacial score (nSPS) is 11.9. The monoisotopic (exact) mass is 142 g/mol. The molecule has 0 atom stereocenters. The van der Waals surface area contributed by atoms with Gasteiger partial charge in [-0.2, -0.15) is 0 Å². The third-order valence-electron chi connectivity index (χ3n) is 0.741.